The number of hydrogen-bond donors (Lipinski definition) is 2. The Morgan fingerprint density at radius 2 is 2.29 bits per heavy atom. The first-order valence-corrected chi connectivity index (χ1v) is 6.27. The molecule has 0 aromatic heterocycles. The highest BCUT2D eigenvalue weighted by molar-refractivity contribution is 5.85. The van der Waals surface area contributed by atoms with Gasteiger partial charge >= 0.3 is 0 Å². The fourth-order valence-corrected chi connectivity index (χ4v) is 2.10. The highest BCUT2D eigenvalue weighted by atomic mass is 16.5. The lowest BCUT2D eigenvalue weighted by atomic mass is 9.86. The number of ether oxygens (including phenoxy) is 1. The molecule has 1 unspecified atom stereocenters. The lowest BCUT2D eigenvalue weighted by Crippen LogP contribution is -2.42. The highest BCUT2D eigenvalue weighted by Crippen LogP contribution is 2.22. The molecule has 3 N–H and O–H groups in total. The fraction of sp³-hybridized carbons (Fsp3) is 0.917. The van der Waals surface area contributed by atoms with Crippen LogP contribution in [-0.4, -0.2) is 48.3 Å². The Balaban J connectivity index is 2.27. The molecule has 100 valence electrons. The van der Waals surface area contributed by atoms with E-state index in [0.29, 0.717) is 11.9 Å². The average molecular weight is 243 g/mol. The van der Waals surface area contributed by atoms with E-state index in [2.05, 4.69) is 17.0 Å². The summed E-state index contributed by atoms with van der Waals surface area (Å²) in [5.74, 6) is 0.313. The predicted octanol–water partition coefficient (Wildman–Crippen LogP) is 1.26. The minimum Gasteiger partial charge on any atom is -0.409 e. The quantitative estimate of drug-likeness (QED) is 0.330. The molecule has 0 aromatic rings. The molecule has 1 rings (SSSR count). The van der Waals surface area contributed by atoms with Crippen LogP contribution in [0.5, 0.6) is 0 Å². The van der Waals surface area contributed by atoms with Crippen LogP contribution < -0.4 is 5.73 Å². The van der Waals surface area contributed by atoms with Gasteiger partial charge in [0.05, 0.1) is 12.7 Å². The van der Waals surface area contributed by atoms with Gasteiger partial charge in [-0.2, -0.15) is 0 Å². The van der Waals surface area contributed by atoms with Crippen molar-refractivity contribution in [3.05, 3.63) is 0 Å². The van der Waals surface area contributed by atoms with Gasteiger partial charge in [0.15, 0.2) is 0 Å². The molecule has 1 aliphatic heterocycles. The van der Waals surface area contributed by atoms with Crippen molar-refractivity contribution in [1.82, 2.24) is 4.90 Å². The van der Waals surface area contributed by atoms with E-state index in [4.69, 9.17) is 15.7 Å². The summed E-state index contributed by atoms with van der Waals surface area (Å²) in [5, 5.41) is 11.8. The molecule has 0 aliphatic carbocycles. The topological polar surface area (TPSA) is 71.1 Å². The second-order valence-electron chi connectivity index (χ2n) is 5.45. The number of morpholine rings is 1. The van der Waals surface area contributed by atoms with Gasteiger partial charge in [0.25, 0.3) is 0 Å². The first-order valence-electron chi connectivity index (χ1n) is 6.27. The molecule has 0 radical (unpaired) electrons. The second kappa shape index (κ2) is 6.21. The van der Waals surface area contributed by atoms with Crippen LogP contribution in [0.3, 0.4) is 0 Å². The van der Waals surface area contributed by atoms with Crippen molar-refractivity contribution in [3.63, 3.8) is 0 Å². The lowest BCUT2D eigenvalue weighted by molar-refractivity contribution is -0.0189. The van der Waals surface area contributed by atoms with E-state index in [0.717, 1.165) is 39.1 Å². The summed E-state index contributed by atoms with van der Waals surface area (Å²) in [7, 11) is 0. The van der Waals surface area contributed by atoms with Crippen LogP contribution in [0.4, 0.5) is 0 Å². The molecule has 5 nitrogen and oxygen atoms in total. The van der Waals surface area contributed by atoms with Crippen molar-refractivity contribution in [2.75, 3.05) is 26.2 Å². The molecule has 1 saturated heterocycles. The van der Waals surface area contributed by atoms with Crippen LogP contribution in [0.1, 0.15) is 33.6 Å². The molecular formula is C12H25N3O2. The molecule has 5 heteroatoms. The Kier molecular flexibility index (Phi) is 5.21. The zero-order valence-corrected chi connectivity index (χ0v) is 11.1. The Morgan fingerprint density at radius 1 is 1.59 bits per heavy atom. The van der Waals surface area contributed by atoms with Crippen molar-refractivity contribution in [2.45, 2.75) is 39.7 Å². The number of nitrogens with zero attached hydrogens (tertiary/aromatic N) is 2. The third kappa shape index (κ3) is 4.52. The van der Waals surface area contributed by atoms with E-state index in [1.165, 1.54) is 0 Å². The lowest BCUT2D eigenvalue weighted by Gasteiger charge is -2.32. The molecule has 1 atom stereocenters. The van der Waals surface area contributed by atoms with E-state index in [1.807, 2.05) is 13.8 Å². The summed E-state index contributed by atoms with van der Waals surface area (Å²) in [6.07, 6.45) is 2.31. The first kappa shape index (κ1) is 14.3. The maximum absolute atomic E-state index is 8.69. The zero-order chi connectivity index (χ0) is 12.9. The van der Waals surface area contributed by atoms with Crippen LogP contribution in [0.15, 0.2) is 5.16 Å². The van der Waals surface area contributed by atoms with Crippen LogP contribution >= 0.6 is 0 Å². The Morgan fingerprint density at radius 3 is 2.88 bits per heavy atom. The molecule has 1 heterocycles. The van der Waals surface area contributed by atoms with Gasteiger partial charge in [-0.1, -0.05) is 19.0 Å². The van der Waals surface area contributed by atoms with E-state index < -0.39 is 0 Å². The fourth-order valence-electron chi connectivity index (χ4n) is 2.10. The van der Waals surface area contributed by atoms with E-state index >= 15 is 0 Å². The minimum atomic E-state index is -0.230. The number of oxime groups is 1. The largest absolute Gasteiger partial charge is 0.409 e. The minimum absolute atomic E-state index is 0.230. The van der Waals surface area contributed by atoms with Gasteiger partial charge in [0, 0.05) is 18.5 Å². The number of hydrogen-bond acceptors (Lipinski definition) is 4. The van der Waals surface area contributed by atoms with Crippen molar-refractivity contribution in [1.29, 1.82) is 0 Å². The molecular weight excluding hydrogens is 218 g/mol. The van der Waals surface area contributed by atoms with Gasteiger partial charge in [-0.25, -0.2) is 0 Å². The third-order valence-electron chi connectivity index (χ3n) is 3.40. The highest BCUT2D eigenvalue weighted by Gasteiger charge is 2.24. The van der Waals surface area contributed by atoms with Crippen LogP contribution in [0.2, 0.25) is 0 Å². The molecule has 0 bridgehead atoms. The first-order chi connectivity index (χ1) is 7.95. The third-order valence-corrected chi connectivity index (χ3v) is 3.40. The van der Waals surface area contributed by atoms with Crippen molar-refractivity contribution in [3.8, 4) is 0 Å². The summed E-state index contributed by atoms with van der Waals surface area (Å²) >= 11 is 0. The van der Waals surface area contributed by atoms with Gasteiger partial charge in [-0.3, -0.25) is 4.90 Å². The number of rotatable bonds is 5. The van der Waals surface area contributed by atoms with Gasteiger partial charge in [0.1, 0.15) is 5.84 Å². The van der Waals surface area contributed by atoms with Crippen molar-refractivity contribution in [2.24, 2.45) is 16.3 Å². The Bertz CT molecular complexity index is 266. The van der Waals surface area contributed by atoms with Gasteiger partial charge in [-0.05, 0) is 26.3 Å². The number of amidine groups is 1. The van der Waals surface area contributed by atoms with E-state index in [1.54, 1.807) is 0 Å². The molecule has 0 spiro atoms. The molecule has 0 saturated carbocycles. The van der Waals surface area contributed by atoms with Gasteiger partial charge in [0.2, 0.25) is 0 Å². The van der Waals surface area contributed by atoms with Crippen LogP contribution in [0, 0.1) is 5.41 Å². The summed E-state index contributed by atoms with van der Waals surface area (Å²) in [6, 6.07) is 0. The molecule has 1 fully saturated rings. The van der Waals surface area contributed by atoms with Gasteiger partial charge < -0.3 is 15.7 Å². The zero-order valence-electron chi connectivity index (χ0n) is 11.1. The van der Waals surface area contributed by atoms with E-state index in [9.17, 15) is 0 Å². The second-order valence-corrected chi connectivity index (χ2v) is 5.45. The summed E-state index contributed by atoms with van der Waals surface area (Å²) in [5.41, 5.74) is 5.43. The predicted molar refractivity (Wildman–Crippen MR) is 68.3 cm³/mol. The Hall–Kier alpha value is -0.810. The maximum atomic E-state index is 8.69. The molecule has 17 heavy (non-hydrogen) atoms. The van der Waals surface area contributed by atoms with Crippen LogP contribution in [-0.2, 0) is 4.74 Å². The normalized spacial score (nSPS) is 23.9. The van der Waals surface area contributed by atoms with E-state index in [-0.39, 0.29) is 5.41 Å². The number of nitrogens with two attached hydrogens (primary N) is 1. The summed E-state index contributed by atoms with van der Waals surface area (Å²) in [4.78, 5) is 2.41. The SMILES string of the molecule is CC1CN(CCCC(C)(C)C(N)=NO)CCO1. The Labute approximate surface area is 104 Å². The van der Waals surface area contributed by atoms with Crippen LogP contribution in [0.25, 0.3) is 0 Å². The van der Waals surface area contributed by atoms with Gasteiger partial charge in [-0.15, -0.1) is 0 Å². The van der Waals surface area contributed by atoms with Crippen molar-refractivity contribution < 1.29 is 9.94 Å². The summed E-state index contributed by atoms with van der Waals surface area (Å²) < 4.78 is 5.50. The average Bonchev–Trinajstić information content (AvgIpc) is 2.27. The maximum Gasteiger partial charge on any atom is 0.144 e. The molecule has 1 aliphatic rings. The monoisotopic (exact) mass is 243 g/mol. The molecule has 0 amide bonds. The molecule has 0 aromatic carbocycles. The standard InChI is InChI=1S/C12H25N3O2/c1-10-9-15(7-8-17-10)6-4-5-12(2,3)11(13)14-16/h10,16H,4-9H2,1-3H3,(H2,13,14). The smallest absolute Gasteiger partial charge is 0.144 e. The summed E-state index contributed by atoms with van der Waals surface area (Å²) in [6.45, 7) is 10.00. The van der Waals surface area contributed by atoms with Crippen molar-refractivity contribution >= 4 is 5.84 Å².